The fourth-order valence-corrected chi connectivity index (χ4v) is 2.70. The molecule has 0 spiro atoms. The van der Waals surface area contributed by atoms with Gasteiger partial charge in [-0.3, -0.25) is 9.59 Å². The van der Waals surface area contributed by atoms with Crippen LogP contribution in [-0.4, -0.2) is 43.6 Å². The van der Waals surface area contributed by atoms with Gasteiger partial charge in [0.2, 0.25) is 0 Å². The second-order valence-corrected chi connectivity index (χ2v) is 5.41. The largest absolute Gasteiger partial charge is 0.378 e. The van der Waals surface area contributed by atoms with Gasteiger partial charge in [-0.05, 0) is 35.9 Å². The Morgan fingerprint density at radius 3 is 2.74 bits per heavy atom. The van der Waals surface area contributed by atoms with Crippen LogP contribution in [0.4, 0.5) is 5.69 Å². The van der Waals surface area contributed by atoms with Gasteiger partial charge in [-0.15, -0.1) is 0 Å². The lowest BCUT2D eigenvalue weighted by Crippen LogP contribution is -2.36. The molecule has 0 radical (unpaired) electrons. The van der Waals surface area contributed by atoms with Gasteiger partial charge in [-0.25, -0.2) is 0 Å². The van der Waals surface area contributed by atoms with E-state index in [1.165, 1.54) is 0 Å². The summed E-state index contributed by atoms with van der Waals surface area (Å²) in [7, 11) is 0. The molecule has 1 aromatic heterocycles. The third-order valence-corrected chi connectivity index (χ3v) is 3.93. The van der Waals surface area contributed by atoms with E-state index in [1.807, 2.05) is 12.1 Å². The predicted octanol–water partition coefficient (Wildman–Crippen LogP) is 1.02. The zero-order valence-electron chi connectivity index (χ0n) is 12.7. The Labute approximate surface area is 133 Å². The number of rotatable bonds is 4. The Hall–Kier alpha value is -2.44. The average Bonchev–Trinajstić information content (AvgIpc) is 2.61. The van der Waals surface area contributed by atoms with Gasteiger partial charge in [0.25, 0.3) is 5.56 Å². The Morgan fingerprint density at radius 1 is 1.26 bits per heavy atom. The van der Waals surface area contributed by atoms with Gasteiger partial charge in [-0.1, -0.05) is 0 Å². The number of ether oxygens (including phenoxy) is 1. The highest BCUT2D eigenvalue weighted by molar-refractivity contribution is 5.99. The number of Topliss-reactive ketones (excluding diaryl/α,β-unsaturated/α-hetero) is 1. The highest BCUT2D eigenvalue weighted by Gasteiger charge is 2.16. The van der Waals surface area contributed by atoms with Crippen LogP contribution in [0, 0.1) is 0 Å². The van der Waals surface area contributed by atoms with E-state index >= 15 is 0 Å². The molecule has 1 aliphatic heterocycles. The minimum Gasteiger partial charge on any atom is -0.378 e. The van der Waals surface area contributed by atoms with Crippen molar-refractivity contribution >= 4 is 11.5 Å². The molecule has 0 unspecified atom stereocenters. The van der Waals surface area contributed by atoms with Crippen LogP contribution in [-0.2, 0) is 4.74 Å². The molecule has 6 nitrogen and oxygen atoms in total. The maximum Gasteiger partial charge on any atom is 0.255 e. The van der Waals surface area contributed by atoms with Gasteiger partial charge in [0.05, 0.1) is 19.8 Å². The number of aromatic nitrogens is 1. The highest BCUT2D eigenvalue weighted by Crippen LogP contribution is 2.26. The van der Waals surface area contributed by atoms with Crippen molar-refractivity contribution in [1.29, 1.82) is 0 Å². The van der Waals surface area contributed by atoms with Gasteiger partial charge >= 0.3 is 0 Å². The van der Waals surface area contributed by atoms with E-state index in [2.05, 4.69) is 9.88 Å². The number of H-pyrrole nitrogens is 1. The summed E-state index contributed by atoms with van der Waals surface area (Å²) in [5, 5.41) is 0. The van der Waals surface area contributed by atoms with Gasteiger partial charge in [0.1, 0.15) is 0 Å². The molecule has 3 N–H and O–H groups in total. The summed E-state index contributed by atoms with van der Waals surface area (Å²) in [6.45, 7) is 2.75. The summed E-state index contributed by atoms with van der Waals surface area (Å²) < 4.78 is 5.37. The van der Waals surface area contributed by atoms with E-state index in [4.69, 9.17) is 10.5 Å². The number of aromatic amines is 1. The van der Waals surface area contributed by atoms with Crippen molar-refractivity contribution in [3.05, 3.63) is 52.4 Å². The number of pyridine rings is 1. The van der Waals surface area contributed by atoms with Gasteiger partial charge < -0.3 is 20.4 Å². The molecule has 1 aromatic carbocycles. The molecule has 3 rings (SSSR count). The van der Waals surface area contributed by atoms with Crippen LogP contribution >= 0.6 is 0 Å². The molecule has 1 fully saturated rings. The average molecular weight is 313 g/mol. The molecule has 0 amide bonds. The van der Waals surface area contributed by atoms with Crippen molar-refractivity contribution in [2.45, 2.75) is 0 Å². The number of ketones is 1. The fourth-order valence-electron chi connectivity index (χ4n) is 2.70. The van der Waals surface area contributed by atoms with Crippen LogP contribution in [0.15, 0.2) is 41.3 Å². The first-order valence-electron chi connectivity index (χ1n) is 7.58. The zero-order valence-corrected chi connectivity index (χ0v) is 12.7. The molecule has 120 valence electrons. The highest BCUT2D eigenvalue weighted by atomic mass is 16.5. The maximum absolute atomic E-state index is 12.1. The predicted molar refractivity (Wildman–Crippen MR) is 88.9 cm³/mol. The molecule has 1 saturated heterocycles. The van der Waals surface area contributed by atoms with Crippen molar-refractivity contribution in [3.63, 3.8) is 0 Å². The number of benzene rings is 1. The summed E-state index contributed by atoms with van der Waals surface area (Å²) in [5.74, 6) is -0.145. The molecule has 2 aromatic rings. The fraction of sp³-hybridized carbons (Fsp3) is 0.294. The SMILES string of the molecule is NCC(=O)c1cc(-c2ccc[nH]c2=O)cc(N2CCOCC2)c1. The minimum absolute atomic E-state index is 0.0584. The van der Waals surface area contributed by atoms with E-state index in [-0.39, 0.29) is 17.9 Å². The normalized spacial score (nSPS) is 14.7. The molecule has 0 saturated carbocycles. The van der Waals surface area contributed by atoms with Crippen LogP contribution in [0.5, 0.6) is 0 Å². The Kier molecular flexibility index (Phi) is 4.55. The Bertz CT molecular complexity index is 764. The number of hydrogen-bond acceptors (Lipinski definition) is 5. The second-order valence-electron chi connectivity index (χ2n) is 5.41. The van der Waals surface area contributed by atoms with E-state index in [1.54, 1.807) is 24.4 Å². The number of nitrogens with zero attached hydrogens (tertiary/aromatic N) is 1. The molecular formula is C17H19N3O3. The molecular weight excluding hydrogens is 294 g/mol. The molecule has 0 bridgehead atoms. The molecule has 1 aliphatic rings. The van der Waals surface area contributed by atoms with Crippen LogP contribution in [0.2, 0.25) is 0 Å². The lowest BCUT2D eigenvalue weighted by atomic mass is 10.0. The van der Waals surface area contributed by atoms with Gasteiger partial charge in [-0.2, -0.15) is 0 Å². The van der Waals surface area contributed by atoms with E-state index < -0.39 is 0 Å². The summed E-state index contributed by atoms with van der Waals surface area (Å²) >= 11 is 0. The van der Waals surface area contributed by atoms with Crippen molar-refractivity contribution in [2.24, 2.45) is 5.73 Å². The smallest absolute Gasteiger partial charge is 0.255 e. The van der Waals surface area contributed by atoms with Gasteiger partial charge in [0, 0.05) is 36.1 Å². The van der Waals surface area contributed by atoms with Crippen LogP contribution < -0.4 is 16.2 Å². The lowest BCUT2D eigenvalue weighted by molar-refractivity contribution is 0.100. The summed E-state index contributed by atoms with van der Waals surface area (Å²) in [6.07, 6.45) is 1.59. The van der Waals surface area contributed by atoms with E-state index in [0.717, 1.165) is 18.8 Å². The number of hydrogen-bond donors (Lipinski definition) is 2. The van der Waals surface area contributed by atoms with Crippen LogP contribution in [0.25, 0.3) is 11.1 Å². The van der Waals surface area contributed by atoms with Crippen molar-refractivity contribution in [1.82, 2.24) is 4.98 Å². The van der Waals surface area contributed by atoms with Crippen LogP contribution in [0.3, 0.4) is 0 Å². The van der Waals surface area contributed by atoms with E-state index in [0.29, 0.717) is 29.9 Å². The number of carbonyl (C=O) groups is 1. The number of anilines is 1. The standard InChI is InChI=1S/C17H19N3O3/c18-11-16(21)13-8-12(15-2-1-3-19-17(15)22)9-14(10-13)20-4-6-23-7-5-20/h1-3,8-10H,4-7,11,18H2,(H,19,22). The first-order valence-corrected chi connectivity index (χ1v) is 7.58. The van der Waals surface area contributed by atoms with Crippen molar-refractivity contribution in [3.8, 4) is 11.1 Å². The second kappa shape index (κ2) is 6.76. The summed E-state index contributed by atoms with van der Waals surface area (Å²) in [6, 6.07) is 9.00. The van der Waals surface area contributed by atoms with Crippen molar-refractivity contribution in [2.75, 3.05) is 37.7 Å². The molecule has 0 aliphatic carbocycles. The molecule has 2 heterocycles. The third-order valence-electron chi connectivity index (χ3n) is 3.93. The Balaban J connectivity index is 2.09. The quantitative estimate of drug-likeness (QED) is 0.823. The first-order chi connectivity index (χ1) is 11.2. The number of nitrogens with two attached hydrogens (primary N) is 1. The lowest BCUT2D eigenvalue weighted by Gasteiger charge is -2.29. The monoisotopic (exact) mass is 313 g/mol. The van der Waals surface area contributed by atoms with E-state index in [9.17, 15) is 9.59 Å². The van der Waals surface area contributed by atoms with Crippen LogP contribution in [0.1, 0.15) is 10.4 Å². The number of nitrogens with one attached hydrogen (secondary N) is 1. The number of carbonyl (C=O) groups excluding carboxylic acids is 1. The number of morpholine rings is 1. The Morgan fingerprint density at radius 2 is 2.04 bits per heavy atom. The van der Waals surface area contributed by atoms with Crippen molar-refractivity contribution < 1.29 is 9.53 Å². The molecule has 23 heavy (non-hydrogen) atoms. The molecule has 0 atom stereocenters. The molecule has 6 heteroatoms. The summed E-state index contributed by atoms with van der Waals surface area (Å²) in [5.41, 5.74) is 8.00. The maximum atomic E-state index is 12.1. The zero-order chi connectivity index (χ0) is 16.2. The summed E-state index contributed by atoms with van der Waals surface area (Å²) in [4.78, 5) is 28.9. The first kappa shape index (κ1) is 15.5. The van der Waals surface area contributed by atoms with Gasteiger partial charge in [0.15, 0.2) is 5.78 Å². The minimum atomic E-state index is -0.183. The third kappa shape index (κ3) is 3.33. The topological polar surface area (TPSA) is 88.4 Å².